The smallest absolute Gasteiger partial charge is 0.0266 e. The molecular formula is C10H16. The summed E-state index contributed by atoms with van der Waals surface area (Å²) in [6.45, 7) is 0. The van der Waals surface area contributed by atoms with Gasteiger partial charge in [0.15, 0.2) is 0 Å². The van der Waals surface area contributed by atoms with Gasteiger partial charge in [-0.1, -0.05) is 6.42 Å². The lowest BCUT2D eigenvalue weighted by Gasteiger charge is -2.27. The zero-order valence-corrected chi connectivity index (χ0v) is 6.60. The van der Waals surface area contributed by atoms with Gasteiger partial charge in [-0.3, -0.25) is 0 Å². The quantitative estimate of drug-likeness (QED) is 0.480. The van der Waals surface area contributed by atoms with E-state index in [1.165, 1.54) is 11.8 Å². The van der Waals surface area contributed by atoms with Gasteiger partial charge in [-0.25, -0.2) is 0 Å². The van der Waals surface area contributed by atoms with E-state index in [0.29, 0.717) is 0 Å². The minimum atomic E-state index is 0.921. The summed E-state index contributed by atoms with van der Waals surface area (Å²) in [5, 5.41) is 0. The van der Waals surface area contributed by atoms with Crippen molar-refractivity contribution < 1.29 is 0 Å². The predicted octanol–water partition coefficient (Wildman–Crippen LogP) is 2.98. The van der Waals surface area contributed by atoms with E-state index in [0.717, 1.165) is 5.41 Å². The molecule has 0 aliphatic heterocycles. The van der Waals surface area contributed by atoms with Crippen molar-refractivity contribution in [1.29, 1.82) is 0 Å². The Labute approximate surface area is 63.0 Å². The minimum absolute atomic E-state index is 0.921. The van der Waals surface area contributed by atoms with Gasteiger partial charge in [0.1, 0.15) is 0 Å². The summed E-state index contributed by atoms with van der Waals surface area (Å²) >= 11 is 0. The van der Waals surface area contributed by atoms with Gasteiger partial charge in [0.05, 0.1) is 0 Å². The van der Waals surface area contributed by atoms with Crippen LogP contribution in [0.2, 0.25) is 0 Å². The van der Waals surface area contributed by atoms with Gasteiger partial charge in [0, 0.05) is 0 Å². The van der Waals surface area contributed by atoms with Gasteiger partial charge in [-0.15, -0.1) is 0 Å². The first-order chi connectivity index (χ1) is 4.89. The Bertz CT molecular complexity index is 157. The topological polar surface area (TPSA) is 0 Å². The molecule has 3 atom stereocenters. The summed E-state index contributed by atoms with van der Waals surface area (Å²) in [5.41, 5.74) is 0.921. The van der Waals surface area contributed by atoms with E-state index < -0.39 is 0 Å². The number of rotatable bonds is 0. The molecule has 0 aromatic carbocycles. The van der Waals surface area contributed by atoms with Crippen LogP contribution in [-0.2, 0) is 0 Å². The fraction of sp³-hybridized carbons (Fsp3) is 1.00. The third-order valence-corrected chi connectivity index (χ3v) is 4.46. The maximum atomic E-state index is 1.62. The summed E-state index contributed by atoms with van der Waals surface area (Å²) in [5.74, 6) is 2.36. The van der Waals surface area contributed by atoms with Crippen LogP contribution in [0.5, 0.6) is 0 Å². The lowest BCUT2D eigenvalue weighted by atomic mass is 9.78. The Hall–Kier alpha value is 0. The van der Waals surface area contributed by atoms with Crippen LogP contribution in [0, 0.1) is 17.3 Å². The molecule has 0 unspecified atom stereocenters. The molecule has 0 radical (unpaired) electrons. The summed E-state index contributed by atoms with van der Waals surface area (Å²) in [4.78, 5) is 0. The van der Waals surface area contributed by atoms with E-state index in [9.17, 15) is 0 Å². The van der Waals surface area contributed by atoms with E-state index in [1.54, 1.807) is 44.9 Å². The molecule has 0 heteroatoms. The third-order valence-electron chi connectivity index (χ3n) is 4.46. The number of hydrogen-bond acceptors (Lipinski definition) is 0. The molecular weight excluding hydrogens is 120 g/mol. The highest BCUT2D eigenvalue weighted by molar-refractivity contribution is 5.04. The lowest BCUT2D eigenvalue weighted by Crippen LogP contribution is -2.18. The molecule has 2 bridgehead atoms. The van der Waals surface area contributed by atoms with Crippen LogP contribution in [0.15, 0.2) is 0 Å². The Morgan fingerprint density at radius 1 is 1.10 bits per heavy atom. The van der Waals surface area contributed by atoms with Crippen molar-refractivity contribution in [3.8, 4) is 0 Å². The predicted molar refractivity (Wildman–Crippen MR) is 41.7 cm³/mol. The molecule has 0 nitrogen and oxygen atoms in total. The molecule has 0 aromatic heterocycles. The van der Waals surface area contributed by atoms with E-state index in [4.69, 9.17) is 0 Å². The minimum Gasteiger partial charge on any atom is -0.0525 e. The lowest BCUT2D eigenvalue weighted by molar-refractivity contribution is 0.227. The normalized spacial score (nSPS) is 57.6. The molecule has 56 valence electrons. The summed E-state index contributed by atoms with van der Waals surface area (Å²) in [6.07, 6.45) is 11.1. The van der Waals surface area contributed by atoms with Gasteiger partial charge in [0.25, 0.3) is 0 Å². The first kappa shape index (κ1) is 5.62. The van der Waals surface area contributed by atoms with Gasteiger partial charge in [-0.2, -0.15) is 0 Å². The second kappa shape index (κ2) is 1.60. The molecule has 3 fully saturated rings. The van der Waals surface area contributed by atoms with Crippen molar-refractivity contribution in [3.63, 3.8) is 0 Å². The molecule has 3 aliphatic rings. The largest absolute Gasteiger partial charge is 0.0525 e. The monoisotopic (exact) mass is 136 g/mol. The molecule has 3 aliphatic carbocycles. The Balaban J connectivity index is 1.99. The van der Waals surface area contributed by atoms with Crippen molar-refractivity contribution in [1.82, 2.24) is 0 Å². The average molecular weight is 136 g/mol. The van der Waals surface area contributed by atoms with E-state index in [1.807, 2.05) is 0 Å². The first-order valence-corrected chi connectivity index (χ1v) is 4.89. The summed E-state index contributed by atoms with van der Waals surface area (Å²) in [7, 11) is 0. The molecule has 0 amide bonds. The van der Waals surface area contributed by atoms with Gasteiger partial charge >= 0.3 is 0 Å². The highest BCUT2D eigenvalue weighted by atomic mass is 14.6. The van der Waals surface area contributed by atoms with Crippen molar-refractivity contribution in [2.45, 2.75) is 44.9 Å². The first-order valence-electron chi connectivity index (χ1n) is 4.89. The van der Waals surface area contributed by atoms with Gasteiger partial charge in [0.2, 0.25) is 0 Å². The van der Waals surface area contributed by atoms with Crippen LogP contribution in [0.25, 0.3) is 0 Å². The van der Waals surface area contributed by atoms with Gasteiger partial charge < -0.3 is 0 Å². The second-order valence-electron chi connectivity index (χ2n) is 4.80. The molecule has 0 N–H and O–H groups in total. The maximum absolute atomic E-state index is 1.62. The fourth-order valence-electron chi connectivity index (χ4n) is 4.05. The van der Waals surface area contributed by atoms with Crippen molar-refractivity contribution in [3.05, 3.63) is 0 Å². The molecule has 3 rings (SSSR count). The van der Waals surface area contributed by atoms with Crippen LogP contribution in [0.3, 0.4) is 0 Å². The zero-order valence-electron chi connectivity index (χ0n) is 6.60. The highest BCUT2D eigenvalue weighted by Crippen LogP contribution is 2.64. The Morgan fingerprint density at radius 3 is 2.90 bits per heavy atom. The van der Waals surface area contributed by atoms with Crippen LogP contribution < -0.4 is 0 Å². The number of fused-ring (bicyclic) bond motifs is 1. The number of hydrogen-bond donors (Lipinski definition) is 0. The summed E-state index contributed by atoms with van der Waals surface area (Å²) < 4.78 is 0. The Kier molecular flexibility index (Phi) is 0.898. The van der Waals surface area contributed by atoms with E-state index in [-0.39, 0.29) is 0 Å². The highest BCUT2D eigenvalue weighted by Gasteiger charge is 2.53. The summed E-state index contributed by atoms with van der Waals surface area (Å²) in [6, 6.07) is 0. The van der Waals surface area contributed by atoms with E-state index in [2.05, 4.69) is 0 Å². The van der Waals surface area contributed by atoms with E-state index >= 15 is 0 Å². The average Bonchev–Trinajstić information content (AvgIpc) is 2.48. The molecule has 0 saturated heterocycles. The van der Waals surface area contributed by atoms with Crippen LogP contribution >= 0.6 is 0 Å². The van der Waals surface area contributed by atoms with Crippen molar-refractivity contribution in [2.75, 3.05) is 0 Å². The maximum Gasteiger partial charge on any atom is -0.0266 e. The second-order valence-corrected chi connectivity index (χ2v) is 4.80. The standard InChI is InChI=1S/C10H16/c1-2-9-6-8-3-5-10(9,4-1)7-8/h8-9H,1-7H2/t8-,9+,10+/m1/s1. The van der Waals surface area contributed by atoms with Gasteiger partial charge in [-0.05, 0) is 55.8 Å². The third kappa shape index (κ3) is 0.500. The van der Waals surface area contributed by atoms with Crippen LogP contribution in [0.1, 0.15) is 44.9 Å². The molecule has 10 heavy (non-hydrogen) atoms. The van der Waals surface area contributed by atoms with Crippen LogP contribution in [-0.4, -0.2) is 0 Å². The molecule has 0 heterocycles. The Morgan fingerprint density at radius 2 is 2.10 bits per heavy atom. The SMILES string of the molecule is C1C[C@H]2C[C@H]3CC[C@@]2(C1)C3. The molecule has 0 aromatic rings. The fourth-order valence-corrected chi connectivity index (χ4v) is 4.05. The zero-order chi connectivity index (χ0) is 6.60. The molecule has 3 saturated carbocycles. The molecule has 1 spiro atoms. The van der Waals surface area contributed by atoms with Crippen LogP contribution in [0.4, 0.5) is 0 Å². The van der Waals surface area contributed by atoms with Crippen molar-refractivity contribution >= 4 is 0 Å². The van der Waals surface area contributed by atoms with Crippen molar-refractivity contribution in [2.24, 2.45) is 17.3 Å².